The Morgan fingerprint density at radius 1 is 1.05 bits per heavy atom. The van der Waals surface area contributed by atoms with Crippen LogP contribution in [-0.4, -0.2) is 47.5 Å². The molecule has 0 aliphatic heterocycles. The van der Waals surface area contributed by atoms with E-state index in [0.717, 1.165) is 36.8 Å². The molecule has 0 bridgehead atoms. The van der Waals surface area contributed by atoms with Crippen molar-refractivity contribution in [1.29, 1.82) is 0 Å². The molecule has 2 atom stereocenters. The van der Waals surface area contributed by atoms with Gasteiger partial charge < -0.3 is 20.3 Å². The van der Waals surface area contributed by atoms with Crippen molar-refractivity contribution in [2.75, 3.05) is 7.05 Å². The number of benzene rings is 2. The number of ether oxygens (including phenoxy) is 1. The third-order valence-corrected chi connectivity index (χ3v) is 6.67. The molecule has 1 aliphatic rings. The molecule has 1 saturated carbocycles. The van der Waals surface area contributed by atoms with E-state index >= 15 is 0 Å². The lowest BCUT2D eigenvalue weighted by molar-refractivity contribution is -0.141. The second-order valence-corrected chi connectivity index (χ2v) is 11.0. The van der Waals surface area contributed by atoms with Crippen LogP contribution in [-0.2, 0) is 20.7 Å². The lowest BCUT2D eigenvalue weighted by Gasteiger charge is -2.33. The lowest BCUT2D eigenvalue weighted by Crippen LogP contribution is -2.53. The summed E-state index contributed by atoms with van der Waals surface area (Å²) < 4.78 is 5.45. The average molecular weight is 520 g/mol. The van der Waals surface area contributed by atoms with Gasteiger partial charge in [-0.2, -0.15) is 0 Å². The Bertz CT molecular complexity index is 1100. The van der Waals surface area contributed by atoms with Crippen molar-refractivity contribution >= 4 is 24.0 Å². The van der Waals surface area contributed by atoms with Crippen LogP contribution in [0.5, 0.6) is 0 Å². The van der Waals surface area contributed by atoms with E-state index in [-0.39, 0.29) is 24.3 Å². The average Bonchev–Trinajstić information content (AvgIpc) is 2.88. The molecule has 0 heterocycles. The fraction of sp³-hybridized carbons (Fsp3) is 0.452. The normalized spacial score (nSPS) is 15.6. The summed E-state index contributed by atoms with van der Waals surface area (Å²) >= 11 is 0. The number of carbonyl (C=O) groups is 3. The molecule has 0 saturated heterocycles. The standard InChI is InChI=1S/C31H41N3O4/c1-6-22-16-13-17-24(20-22)27(28(35)32-25-18-11-8-12-19-25)34(5)29(36)26(21-23-14-9-7-10-15-23)33-30(37)38-31(2,3)4/h6-7,9-10,13-17,20,25-27H,1,8,11-12,18-19,21H2,2-5H3,(H,32,35)(H,33,37). The summed E-state index contributed by atoms with van der Waals surface area (Å²) in [7, 11) is 1.61. The summed E-state index contributed by atoms with van der Waals surface area (Å²) in [5.74, 6) is -0.614. The zero-order chi connectivity index (χ0) is 27.7. The topological polar surface area (TPSA) is 87.7 Å². The number of nitrogens with zero attached hydrogens (tertiary/aromatic N) is 1. The number of amides is 3. The van der Waals surface area contributed by atoms with Crippen molar-refractivity contribution in [2.24, 2.45) is 0 Å². The molecule has 3 rings (SSSR count). The van der Waals surface area contributed by atoms with Crippen LogP contribution in [0.1, 0.15) is 75.6 Å². The maximum Gasteiger partial charge on any atom is 0.408 e. The SMILES string of the molecule is C=Cc1cccc(C(C(=O)NC2CCCCC2)N(C)C(=O)C(Cc2ccccc2)NC(=O)OC(C)(C)C)c1. The van der Waals surface area contributed by atoms with Gasteiger partial charge in [0.05, 0.1) is 0 Å². The van der Waals surface area contributed by atoms with Crippen LogP contribution in [0.15, 0.2) is 61.2 Å². The number of carbonyl (C=O) groups excluding carboxylic acids is 3. The van der Waals surface area contributed by atoms with Crippen molar-refractivity contribution in [2.45, 2.75) is 83.0 Å². The highest BCUT2D eigenvalue weighted by molar-refractivity contribution is 5.92. The molecule has 0 spiro atoms. The molecular formula is C31H41N3O4. The fourth-order valence-electron chi connectivity index (χ4n) is 4.81. The van der Waals surface area contributed by atoms with E-state index in [2.05, 4.69) is 17.2 Å². The molecule has 0 aromatic heterocycles. The molecule has 1 aliphatic carbocycles. The van der Waals surface area contributed by atoms with Gasteiger partial charge in [0.1, 0.15) is 17.7 Å². The van der Waals surface area contributed by atoms with Crippen LogP contribution >= 0.6 is 0 Å². The Morgan fingerprint density at radius 3 is 2.37 bits per heavy atom. The maximum absolute atomic E-state index is 14.0. The van der Waals surface area contributed by atoms with E-state index in [4.69, 9.17) is 4.74 Å². The number of likely N-dealkylation sites (N-methyl/N-ethyl adjacent to an activating group) is 1. The first-order valence-corrected chi connectivity index (χ1v) is 13.4. The third kappa shape index (κ3) is 8.47. The van der Waals surface area contributed by atoms with E-state index in [0.29, 0.717) is 5.56 Å². The van der Waals surface area contributed by atoms with Gasteiger partial charge in [-0.05, 0) is 56.4 Å². The smallest absolute Gasteiger partial charge is 0.408 e. The van der Waals surface area contributed by atoms with Gasteiger partial charge >= 0.3 is 6.09 Å². The minimum Gasteiger partial charge on any atom is -0.444 e. The van der Waals surface area contributed by atoms with Crippen LogP contribution in [0.4, 0.5) is 4.79 Å². The van der Waals surface area contributed by atoms with E-state index in [1.807, 2.05) is 54.6 Å². The first-order valence-electron chi connectivity index (χ1n) is 13.4. The zero-order valence-electron chi connectivity index (χ0n) is 23.0. The Morgan fingerprint density at radius 2 is 1.74 bits per heavy atom. The molecule has 3 amide bonds. The monoisotopic (exact) mass is 519 g/mol. The highest BCUT2D eigenvalue weighted by Crippen LogP contribution is 2.25. The number of nitrogens with one attached hydrogen (secondary N) is 2. The second kappa shape index (κ2) is 13.3. The van der Waals surface area contributed by atoms with Crippen molar-refractivity contribution in [1.82, 2.24) is 15.5 Å². The number of hydrogen-bond donors (Lipinski definition) is 2. The Labute approximate surface area is 226 Å². The zero-order valence-corrected chi connectivity index (χ0v) is 23.0. The van der Waals surface area contributed by atoms with E-state index in [1.165, 1.54) is 11.3 Å². The molecular weight excluding hydrogens is 478 g/mol. The minimum absolute atomic E-state index is 0.0878. The van der Waals surface area contributed by atoms with Crippen molar-refractivity contribution in [3.63, 3.8) is 0 Å². The molecule has 7 nitrogen and oxygen atoms in total. The minimum atomic E-state index is -0.926. The van der Waals surface area contributed by atoms with Gasteiger partial charge in [0.2, 0.25) is 11.8 Å². The predicted molar refractivity (Wildman–Crippen MR) is 150 cm³/mol. The largest absolute Gasteiger partial charge is 0.444 e. The van der Waals surface area contributed by atoms with Crippen LogP contribution in [0, 0.1) is 0 Å². The van der Waals surface area contributed by atoms with Crippen LogP contribution in [0.25, 0.3) is 6.08 Å². The summed E-state index contributed by atoms with van der Waals surface area (Å²) in [5, 5.41) is 5.93. The molecule has 2 aromatic carbocycles. The van der Waals surface area contributed by atoms with Gasteiger partial charge in [-0.1, -0.05) is 80.4 Å². The molecule has 1 fully saturated rings. The molecule has 2 unspecified atom stereocenters. The lowest BCUT2D eigenvalue weighted by atomic mass is 9.94. The fourth-order valence-corrected chi connectivity index (χ4v) is 4.81. The van der Waals surface area contributed by atoms with Crippen LogP contribution < -0.4 is 10.6 Å². The molecule has 2 aromatic rings. The quantitative estimate of drug-likeness (QED) is 0.464. The summed E-state index contributed by atoms with van der Waals surface area (Å²) in [6.07, 6.45) is 6.48. The Balaban J connectivity index is 1.91. The van der Waals surface area contributed by atoms with Gasteiger partial charge in [-0.3, -0.25) is 9.59 Å². The Hall–Kier alpha value is -3.61. The first kappa shape index (κ1) is 29.0. The van der Waals surface area contributed by atoms with Gasteiger partial charge in [0.25, 0.3) is 0 Å². The molecule has 2 N–H and O–H groups in total. The Kier molecular flexibility index (Phi) is 10.1. The van der Waals surface area contributed by atoms with Gasteiger partial charge in [-0.25, -0.2) is 4.79 Å². The summed E-state index contributed by atoms with van der Waals surface area (Å²) in [6.45, 7) is 9.15. The van der Waals surface area contributed by atoms with Crippen molar-refractivity contribution in [3.05, 3.63) is 77.9 Å². The van der Waals surface area contributed by atoms with Gasteiger partial charge in [0, 0.05) is 19.5 Å². The van der Waals surface area contributed by atoms with E-state index in [9.17, 15) is 14.4 Å². The third-order valence-electron chi connectivity index (χ3n) is 6.67. The summed E-state index contributed by atoms with van der Waals surface area (Å²) in [5.41, 5.74) is 1.70. The van der Waals surface area contributed by atoms with E-state index in [1.54, 1.807) is 33.9 Å². The first-order chi connectivity index (χ1) is 18.1. The number of alkyl carbamates (subject to hydrolysis) is 1. The van der Waals surface area contributed by atoms with Crippen LogP contribution in [0.2, 0.25) is 0 Å². The van der Waals surface area contributed by atoms with Crippen molar-refractivity contribution in [3.8, 4) is 0 Å². The number of hydrogen-bond acceptors (Lipinski definition) is 4. The summed E-state index contributed by atoms with van der Waals surface area (Å²) in [4.78, 5) is 41.8. The molecule has 0 radical (unpaired) electrons. The second-order valence-electron chi connectivity index (χ2n) is 11.0. The molecule has 204 valence electrons. The van der Waals surface area contributed by atoms with Crippen LogP contribution in [0.3, 0.4) is 0 Å². The predicted octanol–water partition coefficient (Wildman–Crippen LogP) is 5.41. The number of rotatable bonds is 9. The molecule has 38 heavy (non-hydrogen) atoms. The molecule has 7 heteroatoms. The van der Waals surface area contributed by atoms with Crippen molar-refractivity contribution < 1.29 is 19.1 Å². The van der Waals surface area contributed by atoms with E-state index < -0.39 is 23.8 Å². The highest BCUT2D eigenvalue weighted by atomic mass is 16.6. The highest BCUT2D eigenvalue weighted by Gasteiger charge is 2.35. The van der Waals surface area contributed by atoms with Gasteiger partial charge in [-0.15, -0.1) is 0 Å². The summed E-state index contributed by atoms with van der Waals surface area (Å²) in [6, 6.07) is 15.2. The maximum atomic E-state index is 14.0. The van der Waals surface area contributed by atoms with Gasteiger partial charge in [0.15, 0.2) is 0 Å².